The van der Waals surface area contributed by atoms with Crippen LogP contribution in [0.1, 0.15) is 13.3 Å². The fourth-order valence-corrected chi connectivity index (χ4v) is 0.478. The van der Waals surface area contributed by atoms with Crippen molar-refractivity contribution in [2.45, 2.75) is 13.3 Å². The average Bonchev–Trinajstić information content (AvgIpc) is 1.97. The van der Waals surface area contributed by atoms with Crippen molar-refractivity contribution in [1.82, 2.24) is 5.48 Å². The van der Waals surface area contributed by atoms with Crippen LogP contribution in [0.25, 0.3) is 0 Å². The monoisotopic (exact) mass is 162 g/mol. The number of rotatable bonds is 6. The Kier molecular flexibility index (Phi) is 8.91. The first-order valence-corrected chi connectivity index (χ1v) is 3.77. The molecule has 0 rings (SSSR count). The number of nitrogens with one attached hydrogen (secondary N) is 1. The lowest BCUT2D eigenvalue weighted by atomic mass is 10.3. The molecule has 0 aromatic rings. The van der Waals surface area contributed by atoms with Gasteiger partial charge in [0.25, 0.3) is 0 Å². The number of hydrogen-bond donors (Lipinski definition) is 1. The predicted octanol–water partition coefficient (Wildman–Crippen LogP) is 1.87. The zero-order chi connectivity index (χ0) is 7.66. The third-order valence-corrected chi connectivity index (χ3v) is 1.07. The molecule has 0 aromatic heterocycles. The molecule has 0 atom stereocenters. The van der Waals surface area contributed by atoms with Crippen molar-refractivity contribution >= 4 is 11.6 Å². The summed E-state index contributed by atoms with van der Waals surface area (Å²) in [6.45, 7) is 3.38. The molecule has 0 bridgehead atoms. The van der Waals surface area contributed by atoms with E-state index in [2.05, 4.69) is 18.8 Å². The van der Waals surface area contributed by atoms with Crippen molar-refractivity contribution < 1.29 is 4.84 Å². The van der Waals surface area contributed by atoms with E-state index < -0.39 is 0 Å². The minimum absolute atomic E-state index is 0.515. The van der Waals surface area contributed by atoms with Gasteiger partial charge in [0.1, 0.15) is 0 Å². The first kappa shape index (κ1) is 9.95. The Labute approximate surface area is 67.2 Å². The normalized spacial score (nSPS) is 11.0. The van der Waals surface area contributed by atoms with Gasteiger partial charge >= 0.3 is 0 Å². The molecule has 0 heterocycles. The lowest BCUT2D eigenvalue weighted by Crippen LogP contribution is -2.15. The first-order valence-electron chi connectivity index (χ1n) is 3.33. The van der Waals surface area contributed by atoms with Gasteiger partial charge in [-0.15, -0.1) is 0 Å². The van der Waals surface area contributed by atoms with E-state index in [4.69, 9.17) is 16.4 Å². The van der Waals surface area contributed by atoms with E-state index in [0.717, 1.165) is 13.0 Å². The van der Waals surface area contributed by atoms with Gasteiger partial charge in [0.15, 0.2) is 0 Å². The van der Waals surface area contributed by atoms with E-state index in [1.165, 1.54) is 5.54 Å². The molecular formula is C7H13ClNO. The van der Waals surface area contributed by atoms with Crippen LogP contribution < -0.4 is 5.48 Å². The molecular weight excluding hydrogens is 150 g/mol. The van der Waals surface area contributed by atoms with E-state index in [1.54, 1.807) is 6.08 Å². The van der Waals surface area contributed by atoms with Crippen LogP contribution in [0.3, 0.4) is 0 Å². The van der Waals surface area contributed by atoms with Crippen LogP contribution in [-0.4, -0.2) is 13.2 Å². The molecule has 59 valence electrons. The third kappa shape index (κ3) is 7.95. The maximum Gasteiger partial charge on any atom is 0.0875 e. The molecule has 0 spiro atoms. The third-order valence-electron chi connectivity index (χ3n) is 0.887. The minimum Gasteiger partial charge on any atom is -0.298 e. The van der Waals surface area contributed by atoms with Gasteiger partial charge in [-0.05, 0) is 12.5 Å². The average molecular weight is 163 g/mol. The summed E-state index contributed by atoms with van der Waals surface area (Å²) in [4.78, 5) is 4.92. The van der Waals surface area contributed by atoms with E-state index in [1.807, 2.05) is 0 Å². The molecule has 0 amide bonds. The summed E-state index contributed by atoms with van der Waals surface area (Å²) in [5.74, 6) is 0. The topological polar surface area (TPSA) is 21.3 Å². The van der Waals surface area contributed by atoms with Crippen molar-refractivity contribution in [1.29, 1.82) is 0 Å². The van der Waals surface area contributed by atoms with E-state index in [-0.39, 0.29) is 0 Å². The smallest absolute Gasteiger partial charge is 0.0875 e. The Hall–Kier alpha value is -0.0500. The highest BCUT2D eigenvalue weighted by Crippen LogP contribution is 1.81. The summed E-state index contributed by atoms with van der Waals surface area (Å²) in [6.07, 6.45) is 4.87. The van der Waals surface area contributed by atoms with Gasteiger partial charge in [0, 0.05) is 12.1 Å². The van der Waals surface area contributed by atoms with Crippen LogP contribution in [0.2, 0.25) is 0 Å². The molecule has 1 N–H and O–H groups in total. The molecule has 10 heavy (non-hydrogen) atoms. The second-order valence-electron chi connectivity index (χ2n) is 1.72. The van der Waals surface area contributed by atoms with Gasteiger partial charge in [0.05, 0.1) is 6.61 Å². The first-order chi connectivity index (χ1) is 4.91. The van der Waals surface area contributed by atoms with Crippen LogP contribution in [-0.2, 0) is 4.84 Å². The molecule has 0 fully saturated rings. The Morgan fingerprint density at radius 2 is 2.40 bits per heavy atom. The summed E-state index contributed by atoms with van der Waals surface area (Å²) in [7, 11) is 0. The molecule has 1 radical (unpaired) electrons. The van der Waals surface area contributed by atoms with E-state index in [0.29, 0.717) is 6.61 Å². The van der Waals surface area contributed by atoms with Gasteiger partial charge in [0.2, 0.25) is 0 Å². The van der Waals surface area contributed by atoms with E-state index in [9.17, 15) is 0 Å². The van der Waals surface area contributed by atoms with Crippen LogP contribution in [0, 0.1) is 6.42 Å². The summed E-state index contributed by atoms with van der Waals surface area (Å²) >= 11 is 5.25. The Balaban J connectivity index is 2.77. The highest BCUT2D eigenvalue weighted by Gasteiger charge is 1.82. The lowest BCUT2D eigenvalue weighted by Gasteiger charge is -2.00. The molecule has 0 saturated carbocycles. The van der Waals surface area contributed by atoms with Crippen LogP contribution in [0.4, 0.5) is 0 Å². The van der Waals surface area contributed by atoms with Crippen LogP contribution in [0.5, 0.6) is 0 Å². The predicted molar refractivity (Wildman–Crippen MR) is 43.5 cm³/mol. The standard InChI is InChI=1S/C7H13ClNO/c1-2-3-6-9-10-7-4-5-8/h3-5,9H,2,6-7H2,1H3/b5-4+. The van der Waals surface area contributed by atoms with Gasteiger partial charge in [-0.1, -0.05) is 24.9 Å². The highest BCUT2D eigenvalue weighted by molar-refractivity contribution is 6.25. The van der Waals surface area contributed by atoms with Crippen molar-refractivity contribution in [2.24, 2.45) is 0 Å². The molecule has 0 aliphatic carbocycles. The quantitative estimate of drug-likeness (QED) is 0.476. The second-order valence-corrected chi connectivity index (χ2v) is 1.97. The van der Waals surface area contributed by atoms with Gasteiger partial charge in [-0.25, -0.2) is 5.48 Å². The Morgan fingerprint density at radius 3 is 3.00 bits per heavy atom. The van der Waals surface area contributed by atoms with E-state index >= 15 is 0 Å². The molecule has 0 aliphatic rings. The summed E-state index contributed by atoms with van der Waals surface area (Å²) in [5.41, 5.74) is 4.19. The Bertz CT molecular complexity index is 85.7. The van der Waals surface area contributed by atoms with Crippen LogP contribution in [0.15, 0.2) is 11.6 Å². The number of hydrogen-bond acceptors (Lipinski definition) is 2. The van der Waals surface area contributed by atoms with Gasteiger partial charge in [-0.2, -0.15) is 0 Å². The largest absolute Gasteiger partial charge is 0.298 e. The van der Waals surface area contributed by atoms with Gasteiger partial charge in [-0.3, -0.25) is 4.84 Å². The summed E-state index contributed by atoms with van der Waals surface area (Å²) in [6, 6.07) is 0. The van der Waals surface area contributed by atoms with Crippen molar-refractivity contribution in [3.63, 3.8) is 0 Å². The number of unbranched alkanes of at least 4 members (excludes halogenated alkanes) is 1. The van der Waals surface area contributed by atoms with Crippen molar-refractivity contribution in [2.75, 3.05) is 13.2 Å². The SMILES string of the molecule is CC[CH]CNOC/C=C/Cl. The zero-order valence-corrected chi connectivity index (χ0v) is 6.90. The highest BCUT2D eigenvalue weighted by atomic mass is 35.5. The minimum atomic E-state index is 0.515. The number of hydroxylamine groups is 1. The fraction of sp³-hybridized carbons (Fsp3) is 0.571. The fourth-order valence-electron chi connectivity index (χ4n) is 0.406. The van der Waals surface area contributed by atoms with Crippen LogP contribution >= 0.6 is 11.6 Å². The maximum absolute atomic E-state index is 5.25. The summed E-state index contributed by atoms with van der Waals surface area (Å²) < 4.78 is 0. The molecule has 3 heteroatoms. The molecule has 0 unspecified atom stereocenters. The molecule has 2 nitrogen and oxygen atoms in total. The zero-order valence-electron chi connectivity index (χ0n) is 6.14. The van der Waals surface area contributed by atoms with Crippen molar-refractivity contribution in [3.8, 4) is 0 Å². The molecule has 0 aliphatic heterocycles. The lowest BCUT2D eigenvalue weighted by molar-refractivity contribution is 0.0681. The van der Waals surface area contributed by atoms with Gasteiger partial charge < -0.3 is 0 Å². The van der Waals surface area contributed by atoms with Crippen molar-refractivity contribution in [3.05, 3.63) is 18.0 Å². The maximum atomic E-state index is 5.25. The molecule has 0 aromatic carbocycles. The molecule has 0 saturated heterocycles. The summed E-state index contributed by atoms with van der Waals surface area (Å²) in [5, 5.41) is 0. The Morgan fingerprint density at radius 1 is 1.60 bits per heavy atom. The second kappa shape index (κ2) is 8.95. The number of halogens is 1.